The molecule has 1 heterocycles. The van der Waals surface area contributed by atoms with E-state index in [0.29, 0.717) is 12.1 Å². The molecule has 30 heavy (non-hydrogen) atoms. The largest absolute Gasteiger partial charge is 0.497 e. The molecule has 7 nitrogen and oxygen atoms in total. The van der Waals surface area contributed by atoms with Crippen LogP contribution in [0.25, 0.3) is 0 Å². The van der Waals surface area contributed by atoms with Gasteiger partial charge in [0.05, 0.1) is 17.6 Å². The first-order chi connectivity index (χ1) is 14.3. The number of nitrogens with one attached hydrogen (secondary N) is 1. The van der Waals surface area contributed by atoms with Crippen molar-refractivity contribution in [1.82, 2.24) is 9.62 Å². The van der Waals surface area contributed by atoms with Crippen LogP contribution in [0.2, 0.25) is 0 Å². The molecule has 0 bridgehead atoms. The Morgan fingerprint density at radius 1 is 1.07 bits per heavy atom. The van der Waals surface area contributed by atoms with E-state index >= 15 is 0 Å². The third-order valence-electron chi connectivity index (χ3n) is 5.30. The molecule has 8 heteroatoms. The number of piperidine rings is 1. The van der Waals surface area contributed by atoms with Crippen LogP contribution in [0.15, 0.2) is 47.4 Å². The predicted molar refractivity (Wildman–Crippen MR) is 118 cm³/mol. The molecule has 1 saturated heterocycles. The highest BCUT2D eigenvalue weighted by molar-refractivity contribution is 7.89. The van der Waals surface area contributed by atoms with Gasteiger partial charge in [0.15, 0.2) is 0 Å². The highest BCUT2D eigenvalue weighted by atomic mass is 32.2. The van der Waals surface area contributed by atoms with Gasteiger partial charge in [-0.1, -0.05) is 12.1 Å². The summed E-state index contributed by atoms with van der Waals surface area (Å²) in [5.74, 6) is 0.459. The standard InChI is InChI=1S/C22H29N3O4S/c1-24(2)30(27,28)19-11-12-21(25-13-5-4-6-14-25)20(15-19)22(26)23-16-17-7-9-18(29-3)10-8-17/h7-12,15H,4-6,13-14,16H2,1-3H3,(H,23,26). The molecule has 1 amide bonds. The molecular formula is C22H29N3O4S. The van der Waals surface area contributed by atoms with E-state index in [1.807, 2.05) is 24.3 Å². The second-order valence-corrected chi connectivity index (χ2v) is 9.70. The van der Waals surface area contributed by atoms with Crippen molar-refractivity contribution < 1.29 is 17.9 Å². The van der Waals surface area contributed by atoms with E-state index in [9.17, 15) is 13.2 Å². The average Bonchev–Trinajstić information content (AvgIpc) is 2.77. The summed E-state index contributed by atoms with van der Waals surface area (Å²) >= 11 is 0. The van der Waals surface area contributed by atoms with Crippen LogP contribution < -0.4 is 15.0 Å². The van der Waals surface area contributed by atoms with Crippen LogP contribution in [-0.2, 0) is 16.6 Å². The summed E-state index contributed by atoms with van der Waals surface area (Å²) < 4.78 is 31.5. The van der Waals surface area contributed by atoms with E-state index < -0.39 is 10.0 Å². The Morgan fingerprint density at radius 2 is 1.73 bits per heavy atom. The fraction of sp³-hybridized carbons (Fsp3) is 0.409. The van der Waals surface area contributed by atoms with E-state index in [1.165, 1.54) is 26.6 Å². The molecule has 162 valence electrons. The summed E-state index contributed by atoms with van der Waals surface area (Å²) in [4.78, 5) is 15.4. The maximum atomic E-state index is 13.1. The first-order valence-electron chi connectivity index (χ1n) is 10.1. The third-order valence-corrected chi connectivity index (χ3v) is 7.11. The van der Waals surface area contributed by atoms with Crippen molar-refractivity contribution in [2.45, 2.75) is 30.7 Å². The van der Waals surface area contributed by atoms with Gasteiger partial charge in [-0.05, 0) is 55.2 Å². The molecule has 0 radical (unpaired) electrons. The van der Waals surface area contributed by atoms with Crippen LogP contribution in [0, 0.1) is 0 Å². The molecule has 0 aromatic heterocycles. The summed E-state index contributed by atoms with van der Waals surface area (Å²) in [6.07, 6.45) is 3.29. The number of carbonyl (C=O) groups excluding carboxylic acids is 1. The number of amides is 1. The number of nitrogens with zero attached hydrogens (tertiary/aromatic N) is 2. The minimum atomic E-state index is -3.63. The third kappa shape index (κ3) is 4.94. The first-order valence-corrected chi connectivity index (χ1v) is 11.5. The van der Waals surface area contributed by atoms with E-state index in [0.717, 1.165) is 47.2 Å². The van der Waals surface area contributed by atoms with Crippen molar-refractivity contribution in [3.63, 3.8) is 0 Å². The molecule has 0 spiro atoms. The van der Waals surface area contributed by atoms with Gasteiger partial charge in [0.25, 0.3) is 5.91 Å². The van der Waals surface area contributed by atoms with Gasteiger partial charge in [0.2, 0.25) is 10.0 Å². The number of benzene rings is 2. The number of ether oxygens (including phenoxy) is 1. The lowest BCUT2D eigenvalue weighted by atomic mass is 10.1. The number of methoxy groups -OCH3 is 1. The van der Waals surface area contributed by atoms with Crippen molar-refractivity contribution in [2.75, 3.05) is 39.2 Å². The fourth-order valence-corrected chi connectivity index (χ4v) is 4.43. The number of hydrogen-bond acceptors (Lipinski definition) is 5. The molecule has 0 aliphatic carbocycles. The van der Waals surface area contributed by atoms with Gasteiger partial charge in [0.1, 0.15) is 5.75 Å². The quantitative estimate of drug-likeness (QED) is 0.729. The molecule has 1 aliphatic heterocycles. The molecule has 0 atom stereocenters. The fourth-order valence-electron chi connectivity index (χ4n) is 3.50. The normalized spacial score (nSPS) is 14.6. The Kier molecular flexibility index (Phi) is 6.99. The minimum absolute atomic E-state index is 0.114. The van der Waals surface area contributed by atoms with E-state index in [1.54, 1.807) is 19.2 Å². The maximum absolute atomic E-state index is 13.1. The van der Waals surface area contributed by atoms with E-state index in [-0.39, 0.29) is 10.8 Å². The summed E-state index contributed by atoms with van der Waals surface area (Å²) in [6, 6.07) is 12.3. The molecule has 0 unspecified atom stereocenters. The lowest BCUT2D eigenvalue weighted by Crippen LogP contribution is -2.33. The Hall–Kier alpha value is -2.58. The van der Waals surface area contributed by atoms with Crippen LogP contribution in [0.4, 0.5) is 5.69 Å². The van der Waals surface area contributed by atoms with Gasteiger partial charge in [-0.2, -0.15) is 0 Å². The maximum Gasteiger partial charge on any atom is 0.253 e. The highest BCUT2D eigenvalue weighted by Crippen LogP contribution is 2.28. The van der Waals surface area contributed by atoms with Gasteiger partial charge in [-0.25, -0.2) is 12.7 Å². The number of sulfonamides is 1. The molecule has 0 saturated carbocycles. The molecule has 1 aliphatic rings. The minimum Gasteiger partial charge on any atom is -0.497 e. The van der Waals surface area contributed by atoms with Gasteiger partial charge in [0, 0.05) is 39.4 Å². The van der Waals surface area contributed by atoms with Crippen molar-refractivity contribution in [2.24, 2.45) is 0 Å². The van der Waals surface area contributed by atoms with Gasteiger partial charge >= 0.3 is 0 Å². The van der Waals surface area contributed by atoms with Crippen LogP contribution >= 0.6 is 0 Å². The lowest BCUT2D eigenvalue weighted by Gasteiger charge is -2.30. The van der Waals surface area contributed by atoms with Crippen molar-refractivity contribution in [3.05, 3.63) is 53.6 Å². The van der Waals surface area contributed by atoms with Crippen molar-refractivity contribution >= 4 is 21.6 Å². The van der Waals surface area contributed by atoms with E-state index in [2.05, 4.69) is 10.2 Å². The zero-order valence-corrected chi connectivity index (χ0v) is 18.5. The summed E-state index contributed by atoms with van der Waals surface area (Å²) in [6.45, 7) is 2.06. The Morgan fingerprint density at radius 3 is 2.33 bits per heavy atom. The zero-order chi connectivity index (χ0) is 21.7. The van der Waals surface area contributed by atoms with E-state index in [4.69, 9.17) is 4.74 Å². The molecule has 2 aromatic rings. The van der Waals surface area contributed by atoms with Crippen LogP contribution in [-0.4, -0.2) is 52.9 Å². The summed E-state index contributed by atoms with van der Waals surface area (Å²) in [5, 5.41) is 2.93. The smallest absolute Gasteiger partial charge is 0.253 e. The molecule has 3 rings (SSSR count). The topological polar surface area (TPSA) is 78.9 Å². The molecule has 2 aromatic carbocycles. The number of carbonyl (C=O) groups is 1. The molecular weight excluding hydrogens is 402 g/mol. The molecule has 1 N–H and O–H groups in total. The Bertz CT molecular complexity index is 982. The average molecular weight is 432 g/mol. The van der Waals surface area contributed by atoms with Gasteiger partial charge in [-0.15, -0.1) is 0 Å². The Balaban J connectivity index is 1.88. The van der Waals surface area contributed by atoms with Crippen molar-refractivity contribution in [1.29, 1.82) is 0 Å². The van der Waals surface area contributed by atoms with Gasteiger partial charge in [-0.3, -0.25) is 4.79 Å². The first kappa shape index (κ1) is 22.1. The lowest BCUT2D eigenvalue weighted by molar-refractivity contribution is 0.0951. The number of rotatable bonds is 7. The van der Waals surface area contributed by atoms with Crippen LogP contribution in [0.3, 0.4) is 0 Å². The summed E-state index contributed by atoms with van der Waals surface area (Å²) in [7, 11) is 0.937. The second-order valence-electron chi connectivity index (χ2n) is 7.54. The van der Waals surface area contributed by atoms with Crippen molar-refractivity contribution in [3.8, 4) is 5.75 Å². The Labute approximate surface area is 178 Å². The SMILES string of the molecule is COc1ccc(CNC(=O)c2cc(S(=O)(=O)N(C)C)ccc2N2CCCCC2)cc1. The van der Waals surface area contributed by atoms with Crippen LogP contribution in [0.1, 0.15) is 35.2 Å². The molecule has 1 fully saturated rings. The zero-order valence-electron chi connectivity index (χ0n) is 17.7. The number of hydrogen-bond donors (Lipinski definition) is 1. The second kappa shape index (κ2) is 9.49. The van der Waals surface area contributed by atoms with Crippen LogP contribution in [0.5, 0.6) is 5.75 Å². The predicted octanol–water partition coefficient (Wildman–Crippen LogP) is 2.87. The highest BCUT2D eigenvalue weighted by Gasteiger charge is 2.24. The number of anilines is 1. The monoisotopic (exact) mass is 431 g/mol. The summed E-state index contributed by atoms with van der Waals surface area (Å²) in [5.41, 5.74) is 2.09. The van der Waals surface area contributed by atoms with Gasteiger partial charge < -0.3 is 15.0 Å².